The van der Waals surface area contributed by atoms with Crippen LogP contribution in [0.25, 0.3) is 0 Å². The average Bonchev–Trinajstić information content (AvgIpc) is 2.78. The molecule has 0 saturated heterocycles. The molecular formula is C17H32N4O. The number of nitrogen functional groups attached to an aromatic ring is 1. The molecule has 0 aliphatic heterocycles. The Labute approximate surface area is 134 Å². The number of aryl methyl sites for hydroxylation is 2. The molecule has 5 heteroatoms. The Morgan fingerprint density at radius 1 is 1.00 bits per heavy atom. The van der Waals surface area contributed by atoms with Crippen LogP contribution in [0.2, 0.25) is 0 Å². The van der Waals surface area contributed by atoms with Crippen LogP contribution in [0, 0.1) is 0 Å². The number of hydrogen-bond donors (Lipinski definition) is 2. The van der Waals surface area contributed by atoms with Gasteiger partial charge in [-0.25, -0.2) is 4.68 Å². The van der Waals surface area contributed by atoms with E-state index < -0.39 is 5.91 Å². The maximum Gasteiger partial charge on any atom is 0.254 e. The van der Waals surface area contributed by atoms with E-state index in [-0.39, 0.29) is 0 Å². The van der Waals surface area contributed by atoms with Gasteiger partial charge in [0.05, 0.1) is 5.69 Å². The lowest BCUT2D eigenvalue weighted by molar-refractivity contribution is 0.1000. The lowest BCUT2D eigenvalue weighted by atomic mass is 10.1. The van der Waals surface area contributed by atoms with Crippen LogP contribution in [0.5, 0.6) is 0 Å². The Morgan fingerprint density at radius 2 is 1.59 bits per heavy atom. The molecule has 0 radical (unpaired) electrons. The van der Waals surface area contributed by atoms with Crippen LogP contribution in [0.4, 0.5) is 5.82 Å². The lowest BCUT2D eigenvalue weighted by Gasteiger charge is -2.05. The lowest BCUT2D eigenvalue weighted by Crippen LogP contribution is -2.15. The zero-order valence-corrected chi connectivity index (χ0v) is 14.2. The normalized spacial score (nSPS) is 11.0. The topological polar surface area (TPSA) is 86.9 Å². The molecule has 0 aliphatic rings. The minimum atomic E-state index is -0.469. The summed E-state index contributed by atoms with van der Waals surface area (Å²) < 4.78 is 1.75. The van der Waals surface area contributed by atoms with Gasteiger partial charge in [-0.05, 0) is 12.8 Å². The predicted molar refractivity (Wildman–Crippen MR) is 91.8 cm³/mol. The molecule has 1 heterocycles. The van der Waals surface area contributed by atoms with Crippen LogP contribution in [0.3, 0.4) is 0 Å². The number of primary amides is 1. The first-order valence-electron chi connectivity index (χ1n) is 8.76. The molecule has 0 spiro atoms. The molecule has 126 valence electrons. The van der Waals surface area contributed by atoms with Gasteiger partial charge in [-0.2, -0.15) is 5.10 Å². The predicted octanol–water partition coefficient (Wildman–Crippen LogP) is 3.66. The SMILES string of the molecule is CCCCCCCCCCn1nc(CCC)c(C(N)=O)c1N. The highest BCUT2D eigenvalue weighted by Crippen LogP contribution is 2.19. The van der Waals surface area contributed by atoms with Crippen LogP contribution in [0.15, 0.2) is 0 Å². The van der Waals surface area contributed by atoms with Gasteiger partial charge in [-0.1, -0.05) is 65.2 Å². The summed E-state index contributed by atoms with van der Waals surface area (Å²) in [7, 11) is 0. The molecule has 0 aromatic carbocycles. The van der Waals surface area contributed by atoms with E-state index in [0.717, 1.165) is 31.5 Å². The first-order chi connectivity index (χ1) is 10.6. The monoisotopic (exact) mass is 308 g/mol. The van der Waals surface area contributed by atoms with Gasteiger partial charge < -0.3 is 11.5 Å². The molecule has 1 rings (SSSR count). The van der Waals surface area contributed by atoms with E-state index in [1.165, 1.54) is 44.9 Å². The Bertz CT molecular complexity index is 454. The highest BCUT2D eigenvalue weighted by molar-refractivity contribution is 5.98. The fourth-order valence-corrected chi connectivity index (χ4v) is 2.77. The van der Waals surface area contributed by atoms with E-state index in [4.69, 9.17) is 11.5 Å². The maximum absolute atomic E-state index is 11.5. The number of rotatable bonds is 12. The fraction of sp³-hybridized carbons (Fsp3) is 0.765. The summed E-state index contributed by atoms with van der Waals surface area (Å²) in [6.07, 6.45) is 11.8. The molecule has 0 bridgehead atoms. The molecule has 1 amide bonds. The third-order valence-corrected chi connectivity index (χ3v) is 4.02. The summed E-state index contributed by atoms with van der Waals surface area (Å²) in [5.41, 5.74) is 12.6. The Kier molecular flexibility index (Phi) is 8.63. The van der Waals surface area contributed by atoms with E-state index in [1.54, 1.807) is 4.68 Å². The molecule has 1 aromatic heterocycles. The maximum atomic E-state index is 11.5. The van der Waals surface area contributed by atoms with E-state index in [1.807, 2.05) is 0 Å². The molecule has 0 fully saturated rings. The van der Waals surface area contributed by atoms with Crippen LogP contribution < -0.4 is 11.5 Å². The molecule has 5 nitrogen and oxygen atoms in total. The quantitative estimate of drug-likeness (QED) is 0.578. The minimum Gasteiger partial charge on any atom is -0.383 e. The standard InChI is InChI=1S/C17H32N4O/c1-3-5-6-7-8-9-10-11-13-21-16(18)15(17(19)22)14(20-21)12-4-2/h3-13,18H2,1-2H3,(H2,19,22). The second-order valence-electron chi connectivity index (χ2n) is 6.02. The van der Waals surface area contributed by atoms with Crippen LogP contribution in [0.1, 0.15) is 87.7 Å². The zero-order chi connectivity index (χ0) is 16.4. The van der Waals surface area contributed by atoms with E-state index >= 15 is 0 Å². The molecule has 0 atom stereocenters. The van der Waals surface area contributed by atoms with Crippen LogP contribution >= 0.6 is 0 Å². The van der Waals surface area contributed by atoms with Gasteiger partial charge in [0.1, 0.15) is 11.4 Å². The number of nitrogens with two attached hydrogens (primary N) is 2. The van der Waals surface area contributed by atoms with E-state index in [2.05, 4.69) is 18.9 Å². The molecule has 4 N–H and O–H groups in total. The molecule has 0 aliphatic carbocycles. The largest absolute Gasteiger partial charge is 0.383 e. The van der Waals surface area contributed by atoms with Gasteiger partial charge in [0.25, 0.3) is 5.91 Å². The van der Waals surface area contributed by atoms with Gasteiger partial charge in [0.15, 0.2) is 0 Å². The summed E-state index contributed by atoms with van der Waals surface area (Å²) in [6.45, 7) is 5.06. The molecular weight excluding hydrogens is 276 g/mol. The van der Waals surface area contributed by atoms with Gasteiger partial charge >= 0.3 is 0 Å². The Balaban J connectivity index is 2.39. The van der Waals surface area contributed by atoms with Crippen molar-refractivity contribution in [1.82, 2.24) is 9.78 Å². The molecule has 0 unspecified atom stereocenters. The van der Waals surface area contributed by atoms with E-state index in [0.29, 0.717) is 11.4 Å². The first kappa shape index (κ1) is 18.5. The number of amides is 1. The summed E-state index contributed by atoms with van der Waals surface area (Å²) in [4.78, 5) is 11.5. The Hall–Kier alpha value is -1.52. The Morgan fingerprint density at radius 3 is 2.14 bits per heavy atom. The number of aromatic nitrogens is 2. The summed E-state index contributed by atoms with van der Waals surface area (Å²) >= 11 is 0. The molecule has 1 aromatic rings. The van der Waals surface area contributed by atoms with Gasteiger partial charge in [0.2, 0.25) is 0 Å². The number of unbranched alkanes of at least 4 members (excludes halogenated alkanes) is 7. The molecule has 22 heavy (non-hydrogen) atoms. The van der Waals surface area contributed by atoms with Crippen molar-refractivity contribution < 1.29 is 4.79 Å². The van der Waals surface area contributed by atoms with Gasteiger partial charge in [0, 0.05) is 6.54 Å². The minimum absolute atomic E-state index is 0.418. The zero-order valence-electron chi connectivity index (χ0n) is 14.2. The highest BCUT2D eigenvalue weighted by Gasteiger charge is 2.18. The van der Waals surface area contributed by atoms with Crippen molar-refractivity contribution in [2.75, 3.05) is 5.73 Å². The number of hydrogen-bond acceptors (Lipinski definition) is 3. The third-order valence-electron chi connectivity index (χ3n) is 4.02. The number of carbonyl (C=O) groups is 1. The van der Waals surface area contributed by atoms with Crippen LogP contribution in [-0.4, -0.2) is 15.7 Å². The molecule has 0 saturated carbocycles. The van der Waals surface area contributed by atoms with Gasteiger partial charge in [-0.15, -0.1) is 0 Å². The summed E-state index contributed by atoms with van der Waals surface area (Å²) in [5, 5.41) is 4.47. The van der Waals surface area contributed by atoms with E-state index in [9.17, 15) is 4.79 Å². The van der Waals surface area contributed by atoms with Crippen molar-refractivity contribution >= 4 is 11.7 Å². The third kappa shape index (κ3) is 5.70. The van der Waals surface area contributed by atoms with Crippen molar-refractivity contribution in [2.24, 2.45) is 5.73 Å². The van der Waals surface area contributed by atoms with Crippen molar-refractivity contribution in [1.29, 1.82) is 0 Å². The van der Waals surface area contributed by atoms with Crippen LogP contribution in [-0.2, 0) is 13.0 Å². The smallest absolute Gasteiger partial charge is 0.254 e. The first-order valence-corrected chi connectivity index (χ1v) is 8.76. The summed E-state index contributed by atoms with van der Waals surface area (Å²) in [6, 6.07) is 0. The second-order valence-corrected chi connectivity index (χ2v) is 6.02. The average molecular weight is 308 g/mol. The van der Waals surface area contributed by atoms with Crippen molar-refractivity contribution in [3.05, 3.63) is 11.3 Å². The number of anilines is 1. The van der Waals surface area contributed by atoms with Gasteiger partial charge in [-0.3, -0.25) is 4.79 Å². The number of nitrogens with zero attached hydrogens (tertiary/aromatic N) is 2. The fourth-order valence-electron chi connectivity index (χ4n) is 2.77. The summed E-state index contributed by atoms with van der Waals surface area (Å²) in [5.74, 6) is -0.0398. The van der Waals surface area contributed by atoms with Crippen molar-refractivity contribution in [3.63, 3.8) is 0 Å². The number of carbonyl (C=O) groups excluding carboxylic acids is 1. The highest BCUT2D eigenvalue weighted by atomic mass is 16.1. The van der Waals surface area contributed by atoms with Crippen molar-refractivity contribution in [2.45, 2.75) is 84.6 Å². The van der Waals surface area contributed by atoms with Crippen molar-refractivity contribution in [3.8, 4) is 0 Å². The second kappa shape index (κ2) is 10.2.